The molecule has 3 rings (SSSR count). The number of carbonyl (C=O) groups is 2. The van der Waals surface area contributed by atoms with Crippen molar-refractivity contribution < 1.29 is 9.59 Å². The van der Waals surface area contributed by atoms with Crippen LogP contribution in [0.25, 0.3) is 0 Å². The first kappa shape index (κ1) is 22.6. The van der Waals surface area contributed by atoms with Crippen molar-refractivity contribution >= 4 is 35.0 Å². The smallest absolute Gasteiger partial charge is 0.242 e. The number of rotatable bonds is 8. The zero-order valence-electron chi connectivity index (χ0n) is 17.2. The number of amides is 2. The number of hydrogen-bond acceptors (Lipinski definition) is 2. The van der Waals surface area contributed by atoms with E-state index in [-0.39, 0.29) is 24.3 Å². The number of halogens is 2. The van der Waals surface area contributed by atoms with E-state index in [4.69, 9.17) is 23.2 Å². The van der Waals surface area contributed by atoms with Gasteiger partial charge in [-0.25, -0.2) is 0 Å². The third-order valence-corrected chi connectivity index (χ3v) is 6.47. The van der Waals surface area contributed by atoms with Crippen LogP contribution >= 0.6 is 23.2 Å². The summed E-state index contributed by atoms with van der Waals surface area (Å²) in [7, 11) is 0. The van der Waals surface area contributed by atoms with Crippen LogP contribution in [0, 0.1) is 0 Å². The predicted octanol–water partition coefficient (Wildman–Crippen LogP) is 5.40. The number of hydrogen-bond donors (Lipinski definition) is 1. The van der Waals surface area contributed by atoms with Crippen molar-refractivity contribution in [2.75, 3.05) is 0 Å². The highest BCUT2D eigenvalue weighted by Crippen LogP contribution is 2.22. The van der Waals surface area contributed by atoms with E-state index in [0.29, 0.717) is 23.0 Å². The first-order valence-corrected chi connectivity index (χ1v) is 11.3. The maximum atomic E-state index is 13.2. The number of benzene rings is 2. The van der Waals surface area contributed by atoms with Gasteiger partial charge < -0.3 is 10.2 Å². The largest absolute Gasteiger partial charge is 0.352 e. The minimum atomic E-state index is -0.583. The zero-order valence-corrected chi connectivity index (χ0v) is 18.8. The van der Waals surface area contributed by atoms with Crippen LogP contribution in [0.15, 0.2) is 48.5 Å². The summed E-state index contributed by atoms with van der Waals surface area (Å²) in [5.74, 6) is -0.205. The van der Waals surface area contributed by atoms with E-state index in [0.717, 1.165) is 36.8 Å². The van der Waals surface area contributed by atoms with Crippen LogP contribution in [0.4, 0.5) is 0 Å². The SMILES string of the molecule is C[C@@H](C(=O)NC1CCCC1)N(Cc1ccccc1Cl)C(=O)CCc1ccccc1Cl. The molecule has 1 atom stereocenters. The van der Waals surface area contributed by atoms with Gasteiger partial charge in [0.1, 0.15) is 6.04 Å². The highest BCUT2D eigenvalue weighted by atomic mass is 35.5. The molecule has 160 valence electrons. The molecule has 1 aliphatic carbocycles. The van der Waals surface area contributed by atoms with Crippen molar-refractivity contribution in [3.05, 3.63) is 69.7 Å². The summed E-state index contributed by atoms with van der Waals surface area (Å²) in [5.41, 5.74) is 1.75. The Hall–Kier alpha value is -2.04. The van der Waals surface area contributed by atoms with E-state index in [2.05, 4.69) is 5.32 Å². The molecular weight excluding hydrogens is 419 g/mol. The van der Waals surface area contributed by atoms with Gasteiger partial charge in [0, 0.05) is 29.1 Å². The molecule has 0 bridgehead atoms. The minimum Gasteiger partial charge on any atom is -0.352 e. The first-order valence-electron chi connectivity index (χ1n) is 10.5. The van der Waals surface area contributed by atoms with E-state index < -0.39 is 6.04 Å². The number of carbonyl (C=O) groups excluding carboxylic acids is 2. The van der Waals surface area contributed by atoms with Gasteiger partial charge in [-0.1, -0.05) is 72.4 Å². The Morgan fingerprint density at radius 3 is 2.17 bits per heavy atom. The lowest BCUT2D eigenvalue weighted by Crippen LogP contribution is -2.49. The lowest BCUT2D eigenvalue weighted by Gasteiger charge is -2.30. The zero-order chi connectivity index (χ0) is 21.5. The molecule has 2 amide bonds. The van der Waals surface area contributed by atoms with Gasteiger partial charge >= 0.3 is 0 Å². The van der Waals surface area contributed by atoms with Crippen molar-refractivity contribution in [2.45, 2.75) is 64.1 Å². The fourth-order valence-corrected chi connectivity index (χ4v) is 4.30. The van der Waals surface area contributed by atoms with Gasteiger partial charge in [0.25, 0.3) is 0 Å². The topological polar surface area (TPSA) is 49.4 Å². The molecular formula is C24H28Cl2N2O2. The lowest BCUT2D eigenvalue weighted by molar-refractivity contribution is -0.140. The molecule has 2 aromatic rings. The summed E-state index contributed by atoms with van der Waals surface area (Å²) in [6.07, 6.45) is 5.08. The summed E-state index contributed by atoms with van der Waals surface area (Å²) in [5, 5.41) is 4.35. The average Bonchev–Trinajstić information content (AvgIpc) is 3.25. The van der Waals surface area contributed by atoms with E-state index in [1.807, 2.05) is 42.5 Å². The molecule has 6 heteroatoms. The number of nitrogens with zero attached hydrogens (tertiary/aromatic N) is 1. The van der Waals surface area contributed by atoms with Crippen molar-refractivity contribution in [1.29, 1.82) is 0 Å². The van der Waals surface area contributed by atoms with Crippen LogP contribution in [0.1, 0.15) is 50.2 Å². The molecule has 30 heavy (non-hydrogen) atoms. The predicted molar refractivity (Wildman–Crippen MR) is 122 cm³/mol. The average molecular weight is 447 g/mol. The van der Waals surface area contributed by atoms with Crippen LogP contribution in [-0.2, 0) is 22.6 Å². The molecule has 2 aromatic carbocycles. The number of aryl methyl sites for hydroxylation is 1. The third kappa shape index (κ3) is 5.99. The van der Waals surface area contributed by atoms with Crippen molar-refractivity contribution in [3.8, 4) is 0 Å². The van der Waals surface area contributed by atoms with Gasteiger partial charge in [0.2, 0.25) is 11.8 Å². The fourth-order valence-electron chi connectivity index (χ4n) is 3.87. The summed E-state index contributed by atoms with van der Waals surface area (Å²) in [6.45, 7) is 2.08. The van der Waals surface area contributed by atoms with Crippen molar-refractivity contribution in [1.82, 2.24) is 10.2 Å². The number of nitrogens with one attached hydrogen (secondary N) is 1. The monoisotopic (exact) mass is 446 g/mol. The van der Waals surface area contributed by atoms with Gasteiger partial charge in [0.05, 0.1) is 0 Å². The lowest BCUT2D eigenvalue weighted by atomic mass is 10.1. The molecule has 0 unspecified atom stereocenters. The molecule has 0 saturated heterocycles. The Kier molecular flexibility index (Phi) is 8.17. The molecule has 0 aromatic heterocycles. The Labute approximate surface area is 188 Å². The Morgan fingerprint density at radius 1 is 1.00 bits per heavy atom. The molecule has 0 heterocycles. The third-order valence-electron chi connectivity index (χ3n) is 5.73. The minimum absolute atomic E-state index is 0.0936. The summed E-state index contributed by atoms with van der Waals surface area (Å²) < 4.78 is 0. The van der Waals surface area contributed by atoms with Crippen molar-refractivity contribution in [3.63, 3.8) is 0 Å². The van der Waals surface area contributed by atoms with Gasteiger partial charge in [-0.3, -0.25) is 9.59 Å². The molecule has 0 spiro atoms. The molecule has 1 N–H and O–H groups in total. The molecule has 1 fully saturated rings. The molecule has 1 saturated carbocycles. The Bertz CT molecular complexity index is 881. The van der Waals surface area contributed by atoms with Crippen molar-refractivity contribution in [2.24, 2.45) is 0 Å². The second kappa shape index (κ2) is 10.8. The van der Waals surface area contributed by atoms with E-state index in [1.54, 1.807) is 17.9 Å². The van der Waals surface area contributed by atoms with Crippen LogP contribution < -0.4 is 5.32 Å². The second-order valence-corrected chi connectivity index (χ2v) is 8.68. The maximum Gasteiger partial charge on any atom is 0.242 e. The summed E-state index contributed by atoms with van der Waals surface area (Å²) >= 11 is 12.6. The molecule has 4 nitrogen and oxygen atoms in total. The normalized spacial score (nSPS) is 15.0. The fraction of sp³-hybridized carbons (Fsp3) is 0.417. The molecule has 1 aliphatic rings. The second-order valence-electron chi connectivity index (χ2n) is 7.87. The molecule has 0 radical (unpaired) electrons. The highest BCUT2D eigenvalue weighted by Gasteiger charge is 2.28. The van der Waals surface area contributed by atoms with Crippen LogP contribution in [0.5, 0.6) is 0 Å². The Balaban J connectivity index is 1.73. The van der Waals surface area contributed by atoms with E-state index in [9.17, 15) is 9.59 Å². The van der Waals surface area contributed by atoms with Crippen LogP contribution in [0.3, 0.4) is 0 Å². The maximum absolute atomic E-state index is 13.2. The highest BCUT2D eigenvalue weighted by molar-refractivity contribution is 6.31. The van der Waals surface area contributed by atoms with Gasteiger partial charge in [-0.05, 0) is 49.4 Å². The van der Waals surface area contributed by atoms with Gasteiger partial charge in [-0.2, -0.15) is 0 Å². The van der Waals surface area contributed by atoms with Crippen LogP contribution in [0.2, 0.25) is 10.0 Å². The van der Waals surface area contributed by atoms with Gasteiger partial charge in [-0.15, -0.1) is 0 Å². The van der Waals surface area contributed by atoms with Gasteiger partial charge in [0.15, 0.2) is 0 Å². The summed E-state index contributed by atoms with van der Waals surface area (Å²) in [6, 6.07) is 14.6. The Morgan fingerprint density at radius 2 is 1.57 bits per heavy atom. The molecule has 0 aliphatic heterocycles. The standard InChI is InChI=1S/C24H28Cl2N2O2/c1-17(24(30)27-20-10-4-5-11-20)28(16-19-9-3-7-13-22(19)26)23(29)15-14-18-8-2-6-12-21(18)25/h2-3,6-9,12-13,17,20H,4-5,10-11,14-16H2,1H3,(H,27,30)/t17-/m0/s1. The first-order chi connectivity index (χ1) is 14.5. The van der Waals surface area contributed by atoms with E-state index in [1.165, 1.54) is 0 Å². The van der Waals surface area contributed by atoms with Crippen LogP contribution in [-0.4, -0.2) is 28.8 Å². The summed E-state index contributed by atoms with van der Waals surface area (Å²) in [4.78, 5) is 27.7. The van der Waals surface area contributed by atoms with E-state index >= 15 is 0 Å². The quantitative estimate of drug-likeness (QED) is 0.589.